The van der Waals surface area contributed by atoms with Gasteiger partial charge in [0.2, 0.25) is 5.91 Å². The Morgan fingerprint density at radius 3 is 2.42 bits per heavy atom. The summed E-state index contributed by atoms with van der Waals surface area (Å²) >= 11 is 0. The summed E-state index contributed by atoms with van der Waals surface area (Å²) in [7, 11) is 0. The molecule has 7 nitrogen and oxygen atoms in total. The van der Waals surface area contributed by atoms with Crippen LogP contribution in [-0.2, 0) is 22.5 Å². The first-order valence-corrected chi connectivity index (χ1v) is 8.17. The van der Waals surface area contributed by atoms with E-state index in [2.05, 4.69) is 15.6 Å². The molecule has 1 aromatic rings. The van der Waals surface area contributed by atoms with Gasteiger partial charge in [0.25, 0.3) is 0 Å². The van der Waals surface area contributed by atoms with E-state index in [0.29, 0.717) is 6.42 Å². The summed E-state index contributed by atoms with van der Waals surface area (Å²) in [4.78, 5) is 28.0. The Bertz CT molecular complexity index is 571. The summed E-state index contributed by atoms with van der Waals surface area (Å²) in [5.41, 5.74) is -0.208. The summed E-state index contributed by atoms with van der Waals surface area (Å²) in [6.07, 6.45) is 3.40. The second kappa shape index (κ2) is 7.68. The van der Waals surface area contributed by atoms with Gasteiger partial charge in [0.05, 0.1) is 6.33 Å². The zero-order chi connectivity index (χ0) is 18.5. The van der Waals surface area contributed by atoms with E-state index >= 15 is 0 Å². The van der Waals surface area contributed by atoms with Crippen molar-refractivity contribution in [2.75, 3.05) is 0 Å². The van der Waals surface area contributed by atoms with Gasteiger partial charge in [-0.25, -0.2) is 9.78 Å². The zero-order valence-corrected chi connectivity index (χ0v) is 15.8. The van der Waals surface area contributed by atoms with Gasteiger partial charge in [0.1, 0.15) is 12.1 Å². The van der Waals surface area contributed by atoms with E-state index in [4.69, 9.17) is 4.74 Å². The van der Waals surface area contributed by atoms with Gasteiger partial charge in [-0.15, -0.1) is 0 Å². The molecule has 0 bridgehead atoms. The highest BCUT2D eigenvalue weighted by Gasteiger charge is 2.26. The standard InChI is InChI=1S/C17H30N4O3/c1-12(2)19-14(22)10-21-11-18-9-13(21)8-17(6,7)20-15(23)24-16(3,4)5/h9,11-12H,8,10H2,1-7H3,(H,19,22)(H,20,23). The molecular formula is C17H30N4O3. The fraction of sp³-hybridized carbons (Fsp3) is 0.706. The van der Waals surface area contributed by atoms with Crippen molar-refractivity contribution in [3.05, 3.63) is 18.2 Å². The molecule has 0 aliphatic rings. The number of rotatable bonds is 6. The maximum atomic E-state index is 12.0. The Morgan fingerprint density at radius 1 is 1.25 bits per heavy atom. The first kappa shape index (κ1) is 20.0. The number of hydrogen-bond donors (Lipinski definition) is 2. The molecule has 1 heterocycles. The molecule has 0 atom stereocenters. The molecule has 24 heavy (non-hydrogen) atoms. The largest absolute Gasteiger partial charge is 0.444 e. The van der Waals surface area contributed by atoms with E-state index in [9.17, 15) is 9.59 Å². The van der Waals surface area contributed by atoms with Crippen molar-refractivity contribution in [2.45, 2.75) is 78.6 Å². The second-order valence-electron chi connectivity index (χ2n) is 7.92. The first-order chi connectivity index (χ1) is 10.9. The molecule has 0 unspecified atom stereocenters. The Balaban J connectivity index is 2.70. The van der Waals surface area contributed by atoms with Crippen molar-refractivity contribution in [3.63, 3.8) is 0 Å². The summed E-state index contributed by atoms with van der Waals surface area (Å²) in [6.45, 7) is 13.3. The monoisotopic (exact) mass is 338 g/mol. The number of hydrogen-bond acceptors (Lipinski definition) is 4. The van der Waals surface area contributed by atoms with Crippen LogP contribution in [0, 0.1) is 0 Å². The fourth-order valence-corrected chi connectivity index (χ4v) is 2.24. The Morgan fingerprint density at radius 2 is 1.88 bits per heavy atom. The minimum Gasteiger partial charge on any atom is -0.444 e. The first-order valence-electron chi connectivity index (χ1n) is 8.17. The molecule has 7 heteroatoms. The molecule has 0 aliphatic carbocycles. The molecule has 0 spiro atoms. The van der Waals surface area contributed by atoms with Crippen LogP contribution in [-0.4, -0.2) is 38.7 Å². The van der Waals surface area contributed by atoms with Crippen LogP contribution in [0.3, 0.4) is 0 Å². The van der Waals surface area contributed by atoms with Gasteiger partial charge in [0.15, 0.2) is 0 Å². The van der Waals surface area contributed by atoms with Crippen LogP contribution < -0.4 is 10.6 Å². The van der Waals surface area contributed by atoms with Gasteiger partial charge in [0, 0.05) is 29.9 Å². The van der Waals surface area contributed by atoms with Crippen LogP contribution in [0.15, 0.2) is 12.5 Å². The third-order valence-corrected chi connectivity index (χ3v) is 3.02. The Hall–Kier alpha value is -2.05. The van der Waals surface area contributed by atoms with E-state index in [1.54, 1.807) is 17.1 Å². The van der Waals surface area contributed by atoms with Crippen molar-refractivity contribution in [2.24, 2.45) is 0 Å². The lowest BCUT2D eigenvalue weighted by Gasteiger charge is -2.29. The zero-order valence-electron chi connectivity index (χ0n) is 15.8. The minimum atomic E-state index is -0.545. The molecular weight excluding hydrogens is 308 g/mol. The van der Waals surface area contributed by atoms with Crippen LogP contribution in [0.5, 0.6) is 0 Å². The quantitative estimate of drug-likeness (QED) is 0.833. The van der Waals surface area contributed by atoms with Gasteiger partial charge in [-0.2, -0.15) is 0 Å². The van der Waals surface area contributed by atoms with E-state index in [1.807, 2.05) is 48.5 Å². The topological polar surface area (TPSA) is 85.3 Å². The van der Waals surface area contributed by atoms with Crippen LogP contribution >= 0.6 is 0 Å². The predicted octanol–water partition coefficient (Wildman–Crippen LogP) is 2.25. The lowest BCUT2D eigenvalue weighted by Crippen LogP contribution is -2.47. The molecule has 0 aromatic carbocycles. The van der Waals surface area contributed by atoms with Crippen LogP contribution in [0.4, 0.5) is 4.79 Å². The predicted molar refractivity (Wildman–Crippen MR) is 92.7 cm³/mol. The Kier molecular flexibility index (Phi) is 6.40. The maximum Gasteiger partial charge on any atom is 0.408 e. The fourth-order valence-electron chi connectivity index (χ4n) is 2.24. The smallest absolute Gasteiger partial charge is 0.408 e. The highest BCUT2D eigenvalue weighted by Crippen LogP contribution is 2.14. The number of nitrogens with zero attached hydrogens (tertiary/aromatic N) is 2. The highest BCUT2D eigenvalue weighted by molar-refractivity contribution is 5.76. The van der Waals surface area contributed by atoms with Crippen molar-refractivity contribution < 1.29 is 14.3 Å². The normalized spacial score (nSPS) is 12.2. The van der Waals surface area contributed by atoms with Crippen LogP contribution in [0.2, 0.25) is 0 Å². The van der Waals surface area contributed by atoms with Crippen molar-refractivity contribution >= 4 is 12.0 Å². The van der Waals surface area contributed by atoms with E-state index in [1.165, 1.54) is 0 Å². The molecule has 0 saturated carbocycles. The molecule has 136 valence electrons. The lowest BCUT2D eigenvalue weighted by molar-refractivity contribution is -0.122. The molecule has 0 aliphatic heterocycles. The van der Waals surface area contributed by atoms with Gasteiger partial charge in [-0.05, 0) is 48.5 Å². The number of nitrogens with one attached hydrogen (secondary N) is 2. The number of carbonyl (C=O) groups excluding carboxylic acids is 2. The third-order valence-electron chi connectivity index (χ3n) is 3.02. The van der Waals surface area contributed by atoms with Gasteiger partial charge >= 0.3 is 6.09 Å². The second-order valence-corrected chi connectivity index (χ2v) is 7.92. The number of amides is 2. The van der Waals surface area contributed by atoms with E-state index < -0.39 is 17.2 Å². The van der Waals surface area contributed by atoms with Gasteiger partial charge in [-0.3, -0.25) is 4.79 Å². The van der Waals surface area contributed by atoms with Gasteiger partial charge in [-0.1, -0.05) is 0 Å². The van der Waals surface area contributed by atoms with Crippen LogP contribution in [0.25, 0.3) is 0 Å². The van der Waals surface area contributed by atoms with E-state index in [-0.39, 0.29) is 18.5 Å². The Labute approximate surface area is 144 Å². The lowest BCUT2D eigenvalue weighted by atomic mass is 9.99. The molecule has 0 radical (unpaired) electrons. The average Bonchev–Trinajstić information content (AvgIpc) is 2.70. The number of imidazole rings is 1. The molecule has 0 saturated heterocycles. The minimum absolute atomic E-state index is 0.0674. The summed E-state index contributed by atoms with van der Waals surface area (Å²) in [6, 6.07) is 0.0924. The number of alkyl carbamates (subject to hydrolysis) is 1. The maximum absolute atomic E-state index is 12.0. The van der Waals surface area contributed by atoms with Crippen LogP contribution in [0.1, 0.15) is 54.2 Å². The molecule has 0 fully saturated rings. The summed E-state index contributed by atoms with van der Waals surface area (Å²) in [5, 5.41) is 5.71. The third kappa shape index (κ3) is 7.48. The van der Waals surface area contributed by atoms with Crippen molar-refractivity contribution in [1.82, 2.24) is 20.2 Å². The van der Waals surface area contributed by atoms with Crippen molar-refractivity contribution in [1.29, 1.82) is 0 Å². The molecule has 1 rings (SSSR count). The van der Waals surface area contributed by atoms with Gasteiger partial charge < -0.3 is 19.9 Å². The highest BCUT2D eigenvalue weighted by atomic mass is 16.6. The molecule has 2 amide bonds. The number of carbonyl (C=O) groups is 2. The molecule has 2 N–H and O–H groups in total. The summed E-state index contributed by atoms with van der Waals surface area (Å²) < 4.78 is 7.08. The summed E-state index contributed by atoms with van der Waals surface area (Å²) in [5.74, 6) is -0.0674. The average molecular weight is 338 g/mol. The van der Waals surface area contributed by atoms with Crippen molar-refractivity contribution in [3.8, 4) is 0 Å². The molecule has 1 aromatic heterocycles. The number of aromatic nitrogens is 2. The number of ether oxygens (including phenoxy) is 1. The SMILES string of the molecule is CC(C)NC(=O)Cn1cncc1CC(C)(C)NC(=O)OC(C)(C)C. The van der Waals surface area contributed by atoms with E-state index in [0.717, 1.165) is 5.69 Å².